The molecule has 2 rings (SSSR count). The van der Waals surface area contributed by atoms with Crippen LogP contribution in [0.25, 0.3) is 11.1 Å². The van der Waals surface area contributed by atoms with Crippen LogP contribution >= 0.6 is 15.9 Å². The number of halogens is 1. The largest absolute Gasteiger partial charge is 0.392 e. The smallest absolute Gasteiger partial charge is 0.0730 e. The van der Waals surface area contributed by atoms with Gasteiger partial charge < -0.3 is 9.84 Å². The van der Waals surface area contributed by atoms with Crippen molar-refractivity contribution in [1.29, 1.82) is 0 Å². The van der Waals surface area contributed by atoms with E-state index in [0.29, 0.717) is 6.61 Å². The molecule has 18 heavy (non-hydrogen) atoms. The van der Waals surface area contributed by atoms with Crippen molar-refractivity contribution in [1.82, 2.24) is 0 Å². The summed E-state index contributed by atoms with van der Waals surface area (Å²) in [6.45, 7) is 0.641. The predicted octanol–water partition coefficient (Wildman–Crippen LogP) is 3.75. The van der Waals surface area contributed by atoms with Crippen LogP contribution in [-0.2, 0) is 18.0 Å². The van der Waals surface area contributed by atoms with Crippen LogP contribution in [0.4, 0.5) is 0 Å². The van der Waals surface area contributed by atoms with Crippen molar-refractivity contribution in [3.05, 3.63) is 58.1 Å². The molecule has 0 saturated heterocycles. The van der Waals surface area contributed by atoms with Crippen molar-refractivity contribution in [2.75, 3.05) is 7.11 Å². The second-order valence-corrected chi connectivity index (χ2v) is 4.91. The molecule has 0 aliphatic carbocycles. The number of hydrogen-bond donors (Lipinski definition) is 1. The highest BCUT2D eigenvalue weighted by molar-refractivity contribution is 9.10. The Morgan fingerprint density at radius 1 is 1.11 bits per heavy atom. The molecule has 0 fully saturated rings. The average Bonchev–Trinajstić information content (AvgIpc) is 2.41. The molecule has 0 heterocycles. The van der Waals surface area contributed by atoms with Crippen LogP contribution in [0.5, 0.6) is 0 Å². The summed E-state index contributed by atoms with van der Waals surface area (Å²) >= 11 is 3.55. The number of rotatable bonds is 4. The SMILES string of the molecule is COCc1c(Br)cccc1-c1ccc(CO)cc1. The van der Waals surface area contributed by atoms with Crippen LogP contribution in [0.3, 0.4) is 0 Å². The van der Waals surface area contributed by atoms with E-state index >= 15 is 0 Å². The van der Waals surface area contributed by atoms with E-state index in [2.05, 4.69) is 22.0 Å². The first-order valence-electron chi connectivity index (χ1n) is 5.72. The highest BCUT2D eigenvalue weighted by Crippen LogP contribution is 2.30. The van der Waals surface area contributed by atoms with Gasteiger partial charge in [0.1, 0.15) is 0 Å². The van der Waals surface area contributed by atoms with Crippen LogP contribution in [0.2, 0.25) is 0 Å². The highest BCUT2D eigenvalue weighted by Gasteiger charge is 2.08. The fraction of sp³-hybridized carbons (Fsp3) is 0.200. The average molecular weight is 307 g/mol. The minimum absolute atomic E-state index is 0.0731. The summed E-state index contributed by atoms with van der Waals surface area (Å²) in [5.41, 5.74) is 4.33. The second-order valence-electron chi connectivity index (χ2n) is 4.05. The summed E-state index contributed by atoms with van der Waals surface area (Å²) in [6.07, 6.45) is 0. The fourth-order valence-electron chi connectivity index (χ4n) is 1.91. The zero-order chi connectivity index (χ0) is 13.0. The summed E-state index contributed by atoms with van der Waals surface area (Å²) in [5.74, 6) is 0. The van der Waals surface area contributed by atoms with Crippen LogP contribution in [-0.4, -0.2) is 12.2 Å². The minimum Gasteiger partial charge on any atom is -0.392 e. The normalized spacial score (nSPS) is 10.6. The highest BCUT2D eigenvalue weighted by atomic mass is 79.9. The van der Waals surface area contributed by atoms with E-state index in [1.165, 1.54) is 0 Å². The van der Waals surface area contributed by atoms with Crippen LogP contribution in [0.15, 0.2) is 46.9 Å². The molecule has 1 N–H and O–H groups in total. The number of benzene rings is 2. The van der Waals surface area contributed by atoms with Crippen molar-refractivity contribution in [2.24, 2.45) is 0 Å². The summed E-state index contributed by atoms with van der Waals surface area (Å²) in [5, 5.41) is 9.05. The quantitative estimate of drug-likeness (QED) is 0.932. The first-order valence-corrected chi connectivity index (χ1v) is 6.52. The van der Waals surface area contributed by atoms with E-state index in [9.17, 15) is 0 Å². The maximum atomic E-state index is 9.05. The van der Waals surface area contributed by atoms with Gasteiger partial charge in [-0.15, -0.1) is 0 Å². The van der Waals surface area contributed by atoms with E-state index in [4.69, 9.17) is 9.84 Å². The molecule has 0 radical (unpaired) electrons. The van der Waals surface area contributed by atoms with Crippen LogP contribution < -0.4 is 0 Å². The summed E-state index contributed by atoms with van der Waals surface area (Å²) in [6, 6.07) is 14.0. The molecular formula is C15H15BrO2. The molecule has 3 heteroatoms. The maximum absolute atomic E-state index is 9.05. The lowest BCUT2D eigenvalue weighted by Gasteiger charge is -2.11. The Morgan fingerprint density at radius 3 is 2.44 bits per heavy atom. The maximum Gasteiger partial charge on any atom is 0.0730 e. The third kappa shape index (κ3) is 2.80. The van der Waals surface area contributed by atoms with Gasteiger partial charge in [0.05, 0.1) is 13.2 Å². The summed E-state index contributed by atoms with van der Waals surface area (Å²) in [4.78, 5) is 0. The third-order valence-corrected chi connectivity index (χ3v) is 3.60. The first kappa shape index (κ1) is 13.3. The van der Waals surface area contributed by atoms with Gasteiger partial charge in [-0.3, -0.25) is 0 Å². The number of hydrogen-bond acceptors (Lipinski definition) is 2. The van der Waals surface area contributed by atoms with Crippen LogP contribution in [0, 0.1) is 0 Å². The molecule has 2 nitrogen and oxygen atoms in total. The Morgan fingerprint density at radius 2 is 1.83 bits per heavy atom. The number of aliphatic hydroxyl groups is 1. The fourth-order valence-corrected chi connectivity index (χ4v) is 2.39. The van der Waals surface area contributed by atoms with Gasteiger partial charge in [0.2, 0.25) is 0 Å². The predicted molar refractivity (Wildman–Crippen MR) is 76.2 cm³/mol. The van der Waals surface area contributed by atoms with Gasteiger partial charge in [-0.05, 0) is 28.3 Å². The Labute approximate surface area is 115 Å². The van der Waals surface area contributed by atoms with Gasteiger partial charge in [-0.25, -0.2) is 0 Å². The molecule has 0 aliphatic heterocycles. The van der Waals surface area contributed by atoms with Crippen molar-refractivity contribution in [3.8, 4) is 11.1 Å². The zero-order valence-corrected chi connectivity index (χ0v) is 11.8. The lowest BCUT2D eigenvalue weighted by molar-refractivity contribution is 0.185. The lowest BCUT2D eigenvalue weighted by atomic mass is 9.99. The number of ether oxygens (including phenoxy) is 1. The third-order valence-electron chi connectivity index (χ3n) is 2.86. The second kappa shape index (κ2) is 6.14. The molecule has 2 aromatic rings. The van der Waals surface area contributed by atoms with Gasteiger partial charge in [-0.1, -0.05) is 52.3 Å². The molecule has 0 spiro atoms. The van der Waals surface area contributed by atoms with Gasteiger partial charge >= 0.3 is 0 Å². The molecule has 0 saturated carbocycles. The number of aliphatic hydroxyl groups excluding tert-OH is 1. The molecule has 0 bridgehead atoms. The van der Waals surface area contributed by atoms with E-state index in [0.717, 1.165) is 26.7 Å². The standard InChI is InChI=1S/C15H15BrO2/c1-18-10-14-13(3-2-4-15(14)16)12-7-5-11(9-17)6-8-12/h2-8,17H,9-10H2,1H3. The van der Waals surface area contributed by atoms with E-state index in [1.54, 1.807) is 7.11 Å². The molecular weight excluding hydrogens is 292 g/mol. The molecule has 2 aromatic carbocycles. The molecule has 94 valence electrons. The zero-order valence-electron chi connectivity index (χ0n) is 10.2. The van der Waals surface area contributed by atoms with Gasteiger partial charge in [0.15, 0.2) is 0 Å². The monoisotopic (exact) mass is 306 g/mol. The van der Waals surface area contributed by atoms with Crippen molar-refractivity contribution in [3.63, 3.8) is 0 Å². The van der Waals surface area contributed by atoms with E-state index in [-0.39, 0.29) is 6.61 Å². The van der Waals surface area contributed by atoms with Crippen molar-refractivity contribution >= 4 is 15.9 Å². The Balaban J connectivity index is 2.45. The molecule has 0 aliphatic rings. The van der Waals surface area contributed by atoms with Crippen molar-refractivity contribution < 1.29 is 9.84 Å². The van der Waals surface area contributed by atoms with Gasteiger partial charge in [0.25, 0.3) is 0 Å². The molecule has 0 atom stereocenters. The Bertz CT molecular complexity index is 521. The summed E-state index contributed by atoms with van der Waals surface area (Å²) < 4.78 is 6.29. The van der Waals surface area contributed by atoms with Gasteiger partial charge in [-0.2, -0.15) is 0 Å². The minimum atomic E-state index is 0.0731. The molecule has 0 unspecified atom stereocenters. The Kier molecular flexibility index (Phi) is 4.53. The van der Waals surface area contributed by atoms with Crippen LogP contribution in [0.1, 0.15) is 11.1 Å². The summed E-state index contributed by atoms with van der Waals surface area (Å²) in [7, 11) is 1.69. The van der Waals surface area contributed by atoms with Gasteiger partial charge in [0, 0.05) is 11.6 Å². The van der Waals surface area contributed by atoms with E-state index in [1.807, 2.05) is 36.4 Å². The first-order chi connectivity index (χ1) is 8.76. The number of methoxy groups -OCH3 is 1. The Hall–Kier alpha value is -1.16. The molecule has 0 amide bonds. The van der Waals surface area contributed by atoms with Crippen molar-refractivity contribution in [2.45, 2.75) is 13.2 Å². The van der Waals surface area contributed by atoms with E-state index < -0.39 is 0 Å². The molecule has 0 aromatic heterocycles. The topological polar surface area (TPSA) is 29.5 Å². The lowest BCUT2D eigenvalue weighted by Crippen LogP contribution is -1.94.